The molecule has 1 saturated heterocycles. The summed E-state index contributed by atoms with van der Waals surface area (Å²) in [7, 11) is 0. The zero-order valence-electron chi connectivity index (χ0n) is 10.1. The zero-order chi connectivity index (χ0) is 12.5. The van der Waals surface area contributed by atoms with Gasteiger partial charge in [-0.15, -0.1) is 0 Å². The molecular weight excluding hydrogens is 232 g/mol. The van der Waals surface area contributed by atoms with Crippen LogP contribution in [-0.4, -0.2) is 28.5 Å². The van der Waals surface area contributed by atoms with Crippen LogP contribution in [-0.2, 0) is 4.74 Å². The molecule has 5 nitrogen and oxygen atoms in total. The number of rotatable bonds is 2. The molecule has 0 radical (unpaired) electrons. The largest absolute Gasteiger partial charge is 0.507 e. The van der Waals surface area contributed by atoms with Gasteiger partial charge >= 0.3 is 0 Å². The Hall–Kier alpha value is -1.88. The molecule has 1 aliphatic heterocycles. The van der Waals surface area contributed by atoms with Gasteiger partial charge in [0, 0.05) is 12.5 Å². The Morgan fingerprint density at radius 3 is 3.06 bits per heavy atom. The number of nitrogens with zero attached hydrogens (tertiary/aromatic N) is 2. The Morgan fingerprint density at radius 1 is 1.39 bits per heavy atom. The van der Waals surface area contributed by atoms with Crippen LogP contribution in [0.4, 0.5) is 0 Å². The van der Waals surface area contributed by atoms with Crippen molar-refractivity contribution < 1.29 is 14.4 Å². The van der Waals surface area contributed by atoms with Crippen molar-refractivity contribution >= 4 is 0 Å². The Labute approximate surface area is 104 Å². The maximum absolute atomic E-state index is 9.97. The first-order valence-electron chi connectivity index (χ1n) is 5.96. The van der Waals surface area contributed by atoms with Crippen molar-refractivity contribution in [2.45, 2.75) is 19.3 Å². The van der Waals surface area contributed by atoms with Crippen molar-refractivity contribution in [1.29, 1.82) is 0 Å². The molecule has 1 N–H and O–H groups in total. The maximum Gasteiger partial charge on any atom is 0.261 e. The number of para-hydroxylation sites is 1. The van der Waals surface area contributed by atoms with E-state index < -0.39 is 0 Å². The highest BCUT2D eigenvalue weighted by Crippen LogP contribution is 2.32. The van der Waals surface area contributed by atoms with Gasteiger partial charge in [-0.3, -0.25) is 0 Å². The Morgan fingerprint density at radius 2 is 2.28 bits per heavy atom. The average molecular weight is 246 g/mol. The van der Waals surface area contributed by atoms with Crippen molar-refractivity contribution in [2.24, 2.45) is 0 Å². The van der Waals surface area contributed by atoms with Crippen molar-refractivity contribution in [3.8, 4) is 17.2 Å². The highest BCUT2D eigenvalue weighted by Gasteiger charge is 2.24. The first-order valence-corrected chi connectivity index (χ1v) is 5.96. The summed E-state index contributed by atoms with van der Waals surface area (Å²) in [6.07, 6.45) is 0.915. The van der Waals surface area contributed by atoms with E-state index in [1.54, 1.807) is 6.07 Å². The summed E-state index contributed by atoms with van der Waals surface area (Å²) in [4.78, 5) is 4.35. The molecule has 0 aliphatic carbocycles. The molecule has 0 amide bonds. The van der Waals surface area contributed by atoms with E-state index in [9.17, 15) is 5.11 Å². The second kappa shape index (κ2) is 4.42. The fourth-order valence-electron chi connectivity index (χ4n) is 2.08. The quantitative estimate of drug-likeness (QED) is 0.880. The number of aryl methyl sites for hydroxylation is 1. The van der Waals surface area contributed by atoms with Gasteiger partial charge in [-0.25, -0.2) is 0 Å². The Kier molecular flexibility index (Phi) is 2.76. The van der Waals surface area contributed by atoms with Crippen LogP contribution in [0.5, 0.6) is 5.75 Å². The first kappa shape index (κ1) is 11.2. The fourth-order valence-corrected chi connectivity index (χ4v) is 2.08. The topological polar surface area (TPSA) is 68.4 Å². The van der Waals surface area contributed by atoms with Crippen LogP contribution in [0, 0.1) is 6.92 Å². The highest BCUT2D eigenvalue weighted by atomic mass is 16.5. The van der Waals surface area contributed by atoms with Gasteiger partial charge in [-0.05, 0) is 25.0 Å². The van der Waals surface area contributed by atoms with Gasteiger partial charge in [0.1, 0.15) is 5.75 Å². The first-order chi connectivity index (χ1) is 8.75. The molecule has 0 spiro atoms. The third-order valence-electron chi connectivity index (χ3n) is 3.20. The van der Waals surface area contributed by atoms with E-state index >= 15 is 0 Å². The van der Waals surface area contributed by atoms with E-state index in [4.69, 9.17) is 9.26 Å². The lowest BCUT2D eigenvalue weighted by molar-refractivity contribution is 0.192. The molecule has 18 heavy (non-hydrogen) atoms. The third-order valence-corrected chi connectivity index (χ3v) is 3.20. The standard InChI is InChI=1S/C13H14N2O3/c1-8-3-2-4-10(11(8)16)13-14-12(15-18-13)9-5-6-17-7-9/h2-4,9,16H,5-7H2,1H3/t9-/m0/s1. The average Bonchev–Trinajstić information content (AvgIpc) is 3.01. The van der Waals surface area contributed by atoms with Crippen molar-refractivity contribution in [3.05, 3.63) is 29.6 Å². The molecule has 0 unspecified atom stereocenters. The molecule has 1 aromatic carbocycles. The van der Waals surface area contributed by atoms with Crippen LogP contribution in [0.1, 0.15) is 23.7 Å². The van der Waals surface area contributed by atoms with Gasteiger partial charge in [0.15, 0.2) is 5.82 Å². The van der Waals surface area contributed by atoms with Crippen molar-refractivity contribution in [1.82, 2.24) is 10.1 Å². The number of aromatic hydroxyl groups is 1. The number of hydrogen-bond acceptors (Lipinski definition) is 5. The smallest absolute Gasteiger partial charge is 0.261 e. The van der Waals surface area contributed by atoms with Gasteiger partial charge in [0.2, 0.25) is 0 Å². The van der Waals surface area contributed by atoms with E-state index in [1.807, 2.05) is 19.1 Å². The number of phenolic OH excluding ortho intramolecular Hbond substituents is 1. The van der Waals surface area contributed by atoms with Crippen molar-refractivity contribution in [2.75, 3.05) is 13.2 Å². The van der Waals surface area contributed by atoms with E-state index in [0.29, 0.717) is 23.9 Å². The number of benzene rings is 1. The van der Waals surface area contributed by atoms with Crippen LogP contribution in [0.25, 0.3) is 11.5 Å². The van der Waals surface area contributed by atoms with Gasteiger partial charge in [-0.1, -0.05) is 17.3 Å². The molecule has 0 saturated carbocycles. The third kappa shape index (κ3) is 1.86. The lowest BCUT2D eigenvalue weighted by atomic mass is 10.1. The van der Waals surface area contributed by atoms with E-state index in [2.05, 4.69) is 10.1 Å². The molecule has 2 heterocycles. The highest BCUT2D eigenvalue weighted by molar-refractivity contribution is 5.64. The molecule has 1 aromatic heterocycles. The van der Waals surface area contributed by atoms with Gasteiger partial charge in [0.25, 0.3) is 5.89 Å². The second-order valence-corrected chi connectivity index (χ2v) is 4.49. The summed E-state index contributed by atoms with van der Waals surface area (Å²) in [6.45, 7) is 3.21. The Bertz CT molecular complexity index is 559. The lowest BCUT2D eigenvalue weighted by Crippen LogP contribution is -1.99. The normalized spacial score (nSPS) is 19.3. The molecule has 1 fully saturated rings. The summed E-state index contributed by atoms with van der Waals surface area (Å²) in [6, 6.07) is 5.46. The lowest BCUT2D eigenvalue weighted by Gasteiger charge is -2.02. The van der Waals surface area contributed by atoms with E-state index in [-0.39, 0.29) is 11.7 Å². The fraction of sp³-hybridized carbons (Fsp3) is 0.385. The summed E-state index contributed by atoms with van der Waals surface area (Å²) in [5, 5.41) is 13.9. The molecule has 1 atom stereocenters. The van der Waals surface area contributed by atoms with Crippen LogP contribution in [0.3, 0.4) is 0 Å². The minimum Gasteiger partial charge on any atom is -0.507 e. The summed E-state index contributed by atoms with van der Waals surface area (Å²) < 4.78 is 10.5. The van der Waals surface area contributed by atoms with Crippen LogP contribution in [0.15, 0.2) is 22.7 Å². The molecule has 0 bridgehead atoms. The molecule has 3 rings (SSSR count). The van der Waals surface area contributed by atoms with E-state index in [0.717, 1.165) is 18.6 Å². The van der Waals surface area contributed by atoms with Gasteiger partial charge < -0.3 is 14.4 Å². The molecule has 5 heteroatoms. The number of phenols is 1. The van der Waals surface area contributed by atoms with Crippen molar-refractivity contribution in [3.63, 3.8) is 0 Å². The summed E-state index contributed by atoms with van der Waals surface area (Å²) in [5.41, 5.74) is 1.36. The Balaban J connectivity index is 1.95. The number of aromatic nitrogens is 2. The van der Waals surface area contributed by atoms with Crippen LogP contribution < -0.4 is 0 Å². The van der Waals surface area contributed by atoms with Gasteiger partial charge in [0.05, 0.1) is 12.2 Å². The molecular formula is C13H14N2O3. The monoisotopic (exact) mass is 246 g/mol. The maximum atomic E-state index is 9.97. The van der Waals surface area contributed by atoms with Crippen LogP contribution >= 0.6 is 0 Å². The molecule has 2 aromatic rings. The van der Waals surface area contributed by atoms with Crippen LogP contribution in [0.2, 0.25) is 0 Å². The van der Waals surface area contributed by atoms with E-state index in [1.165, 1.54) is 0 Å². The minimum absolute atomic E-state index is 0.190. The van der Waals surface area contributed by atoms with Gasteiger partial charge in [-0.2, -0.15) is 4.98 Å². The SMILES string of the molecule is Cc1cccc(-c2nc([C@H]3CCOC3)no2)c1O. The second-order valence-electron chi connectivity index (χ2n) is 4.49. The number of hydrogen-bond donors (Lipinski definition) is 1. The predicted molar refractivity (Wildman–Crippen MR) is 64.3 cm³/mol. The zero-order valence-corrected chi connectivity index (χ0v) is 10.1. The summed E-state index contributed by atoms with van der Waals surface area (Å²) in [5.74, 6) is 1.41. The number of ether oxygens (including phenoxy) is 1. The summed E-state index contributed by atoms with van der Waals surface area (Å²) >= 11 is 0. The minimum atomic E-state index is 0.190. The predicted octanol–water partition coefficient (Wildman–Crippen LogP) is 2.25. The molecule has 94 valence electrons. The molecule has 1 aliphatic rings.